The molecule has 2 aromatic rings. The molecule has 4 heteroatoms. The molecule has 1 aliphatic rings. The standard InChI is InChI=1S/C18H23N3O/c1-12-20-11-15(17(22)21-12)10-19-9-13-4-5-16-14(8-13)6-7-18(16,2)3/h4-5,8,11,19H,6-7,9-10H2,1-3H3,(H,20,21,22). The number of fused-ring (bicyclic) bond motifs is 1. The summed E-state index contributed by atoms with van der Waals surface area (Å²) in [4.78, 5) is 18.6. The van der Waals surface area contributed by atoms with E-state index in [1.54, 1.807) is 13.1 Å². The minimum absolute atomic E-state index is 0.0595. The lowest BCUT2D eigenvalue weighted by molar-refractivity contribution is 0.522. The first-order valence-electron chi connectivity index (χ1n) is 7.83. The van der Waals surface area contributed by atoms with Gasteiger partial charge in [-0.15, -0.1) is 0 Å². The van der Waals surface area contributed by atoms with Gasteiger partial charge in [0.25, 0.3) is 5.56 Å². The fourth-order valence-electron chi connectivity index (χ4n) is 3.18. The third-order valence-corrected chi connectivity index (χ3v) is 4.56. The zero-order chi connectivity index (χ0) is 15.7. The van der Waals surface area contributed by atoms with Gasteiger partial charge >= 0.3 is 0 Å². The summed E-state index contributed by atoms with van der Waals surface area (Å²) in [5.74, 6) is 0.648. The van der Waals surface area contributed by atoms with Crippen LogP contribution in [0.2, 0.25) is 0 Å². The quantitative estimate of drug-likeness (QED) is 0.912. The number of nitrogens with zero attached hydrogens (tertiary/aromatic N) is 1. The Hall–Kier alpha value is -1.94. The topological polar surface area (TPSA) is 57.8 Å². The fraction of sp³-hybridized carbons (Fsp3) is 0.444. The Bertz CT molecular complexity index is 746. The second-order valence-electron chi connectivity index (χ2n) is 6.80. The minimum atomic E-state index is -0.0595. The maximum atomic E-state index is 11.8. The Morgan fingerprint density at radius 3 is 2.91 bits per heavy atom. The van der Waals surface area contributed by atoms with E-state index in [2.05, 4.69) is 47.3 Å². The first-order chi connectivity index (χ1) is 10.5. The number of H-pyrrole nitrogens is 1. The van der Waals surface area contributed by atoms with Gasteiger partial charge in [0.2, 0.25) is 0 Å². The van der Waals surface area contributed by atoms with Gasteiger partial charge in [-0.3, -0.25) is 4.79 Å². The number of rotatable bonds is 4. The van der Waals surface area contributed by atoms with Gasteiger partial charge in [0.1, 0.15) is 5.82 Å². The highest BCUT2D eigenvalue weighted by Crippen LogP contribution is 2.38. The third kappa shape index (κ3) is 2.97. The molecule has 1 aromatic heterocycles. The van der Waals surface area contributed by atoms with E-state index in [-0.39, 0.29) is 5.56 Å². The summed E-state index contributed by atoms with van der Waals surface area (Å²) in [5.41, 5.74) is 5.15. The van der Waals surface area contributed by atoms with Crippen molar-refractivity contribution in [2.75, 3.05) is 0 Å². The first kappa shape index (κ1) is 15.0. The van der Waals surface area contributed by atoms with Crippen LogP contribution in [-0.2, 0) is 24.9 Å². The summed E-state index contributed by atoms with van der Waals surface area (Å²) in [5, 5.41) is 3.33. The number of aromatic nitrogens is 2. The van der Waals surface area contributed by atoms with E-state index < -0.39 is 0 Å². The molecule has 0 unspecified atom stereocenters. The van der Waals surface area contributed by atoms with Gasteiger partial charge in [0.05, 0.1) is 0 Å². The molecule has 1 heterocycles. The van der Waals surface area contributed by atoms with Gasteiger partial charge in [0.15, 0.2) is 0 Å². The first-order valence-corrected chi connectivity index (χ1v) is 7.83. The van der Waals surface area contributed by atoms with E-state index in [1.807, 2.05) is 0 Å². The van der Waals surface area contributed by atoms with Gasteiger partial charge in [-0.05, 0) is 41.9 Å². The molecular formula is C18H23N3O. The Balaban J connectivity index is 1.64. The summed E-state index contributed by atoms with van der Waals surface area (Å²) in [7, 11) is 0. The van der Waals surface area contributed by atoms with Crippen LogP contribution >= 0.6 is 0 Å². The fourth-order valence-corrected chi connectivity index (χ4v) is 3.18. The van der Waals surface area contributed by atoms with E-state index in [9.17, 15) is 4.79 Å². The largest absolute Gasteiger partial charge is 0.311 e. The highest BCUT2D eigenvalue weighted by atomic mass is 16.1. The van der Waals surface area contributed by atoms with E-state index in [0.29, 0.717) is 23.3 Å². The van der Waals surface area contributed by atoms with E-state index in [1.165, 1.54) is 23.1 Å². The van der Waals surface area contributed by atoms with Gasteiger partial charge in [-0.2, -0.15) is 0 Å². The summed E-state index contributed by atoms with van der Waals surface area (Å²) < 4.78 is 0. The minimum Gasteiger partial charge on any atom is -0.311 e. The highest BCUT2D eigenvalue weighted by molar-refractivity contribution is 5.40. The van der Waals surface area contributed by atoms with E-state index >= 15 is 0 Å². The molecule has 0 aliphatic heterocycles. The Morgan fingerprint density at radius 2 is 2.14 bits per heavy atom. The Labute approximate surface area is 131 Å². The Morgan fingerprint density at radius 1 is 1.32 bits per heavy atom. The second-order valence-corrected chi connectivity index (χ2v) is 6.80. The average molecular weight is 297 g/mol. The SMILES string of the molecule is Cc1ncc(CNCc2ccc3c(c2)CCC3(C)C)c(=O)[nH]1. The van der Waals surface area contributed by atoms with Crippen molar-refractivity contribution in [3.05, 3.63) is 62.8 Å². The van der Waals surface area contributed by atoms with Crippen molar-refractivity contribution >= 4 is 0 Å². The number of aromatic amines is 1. The van der Waals surface area contributed by atoms with Gasteiger partial charge in [-0.1, -0.05) is 32.0 Å². The van der Waals surface area contributed by atoms with Crippen LogP contribution in [0.3, 0.4) is 0 Å². The summed E-state index contributed by atoms with van der Waals surface area (Å²) in [6.45, 7) is 7.71. The summed E-state index contributed by atoms with van der Waals surface area (Å²) >= 11 is 0. The van der Waals surface area contributed by atoms with Crippen molar-refractivity contribution in [3.8, 4) is 0 Å². The molecule has 0 radical (unpaired) electrons. The van der Waals surface area contributed by atoms with Crippen molar-refractivity contribution in [2.45, 2.75) is 52.1 Å². The van der Waals surface area contributed by atoms with Crippen LogP contribution in [0.25, 0.3) is 0 Å². The molecule has 116 valence electrons. The molecule has 0 saturated carbocycles. The van der Waals surface area contributed by atoms with Crippen LogP contribution in [0.1, 0.15) is 48.3 Å². The molecule has 0 amide bonds. The molecule has 22 heavy (non-hydrogen) atoms. The number of benzene rings is 1. The van der Waals surface area contributed by atoms with E-state index in [0.717, 1.165) is 13.0 Å². The number of aryl methyl sites for hydroxylation is 2. The molecule has 3 rings (SSSR count). The maximum Gasteiger partial charge on any atom is 0.255 e. The second kappa shape index (κ2) is 5.69. The maximum absolute atomic E-state index is 11.8. The predicted octanol–water partition coefficient (Wildman–Crippen LogP) is 2.59. The van der Waals surface area contributed by atoms with Gasteiger partial charge in [0, 0.05) is 24.8 Å². The summed E-state index contributed by atoms with van der Waals surface area (Å²) in [6, 6.07) is 6.75. The van der Waals surface area contributed by atoms with Crippen LogP contribution < -0.4 is 10.9 Å². The summed E-state index contributed by atoms with van der Waals surface area (Å²) in [6.07, 6.45) is 4.04. The molecule has 1 aromatic carbocycles. The van der Waals surface area contributed by atoms with Crippen LogP contribution in [0, 0.1) is 6.92 Å². The third-order valence-electron chi connectivity index (χ3n) is 4.56. The van der Waals surface area contributed by atoms with E-state index in [4.69, 9.17) is 0 Å². The molecule has 0 fully saturated rings. The lowest BCUT2D eigenvalue weighted by Crippen LogP contribution is -2.22. The predicted molar refractivity (Wildman–Crippen MR) is 87.9 cm³/mol. The molecule has 4 nitrogen and oxygen atoms in total. The molecule has 0 saturated heterocycles. The van der Waals surface area contributed by atoms with Crippen LogP contribution in [0.4, 0.5) is 0 Å². The Kier molecular flexibility index (Phi) is 3.87. The number of hydrogen-bond donors (Lipinski definition) is 2. The van der Waals surface area contributed by atoms with Gasteiger partial charge in [-0.25, -0.2) is 4.98 Å². The number of nitrogens with one attached hydrogen (secondary N) is 2. The van der Waals surface area contributed by atoms with Crippen molar-refractivity contribution in [1.29, 1.82) is 0 Å². The molecule has 2 N–H and O–H groups in total. The lowest BCUT2D eigenvalue weighted by atomic mass is 9.86. The van der Waals surface area contributed by atoms with Crippen LogP contribution in [0.15, 0.2) is 29.2 Å². The van der Waals surface area contributed by atoms with Crippen LogP contribution in [-0.4, -0.2) is 9.97 Å². The normalized spacial score (nSPS) is 15.8. The average Bonchev–Trinajstić information content (AvgIpc) is 2.77. The molecule has 0 atom stereocenters. The number of hydrogen-bond acceptors (Lipinski definition) is 3. The van der Waals surface area contributed by atoms with Crippen LogP contribution in [0.5, 0.6) is 0 Å². The monoisotopic (exact) mass is 297 g/mol. The smallest absolute Gasteiger partial charge is 0.255 e. The molecular weight excluding hydrogens is 274 g/mol. The lowest BCUT2D eigenvalue weighted by Gasteiger charge is -2.19. The highest BCUT2D eigenvalue weighted by Gasteiger charge is 2.29. The van der Waals surface area contributed by atoms with Crippen molar-refractivity contribution < 1.29 is 0 Å². The zero-order valence-electron chi connectivity index (χ0n) is 13.5. The van der Waals surface area contributed by atoms with Crippen molar-refractivity contribution in [1.82, 2.24) is 15.3 Å². The van der Waals surface area contributed by atoms with Gasteiger partial charge < -0.3 is 10.3 Å². The van der Waals surface area contributed by atoms with Crippen molar-refractivity contribution in [3.63, 3.8) is 0 Å². The molecule has 0 spiro atoms. The zero-order valence-corrected chi connectivity index (χ0v) is 13.5. The molecule has 0 bridgehead atoms. The van der Waals surface area contributed by atoms with Crippen molar-refractivity contribution in [2.24, 2.45) is 0 Å². The molecule has 1 aliphatic carbocycles.